The molecule has 5 aromatic rings. The molecule has 0 bridgehead atoms. The summed E-state index contributed by atoms with van der Waals surface area (Å²) in [6.07, 6.45) is 8.63. The maximum atomic E-state index is 12.0. The molecule has 0 saturated heterocycles. The van der Waals surface area contributed by atoms with Gasteiger partial charge in [0.05, 0.1) is 0 Å². The molecule has 0 saturated carbocycles. The molecule has 1 nitrogen and oxygen atoms in total. The van der Waals surface area contributed by atoms with Gasteiger partial charge in [0.2, 0.25) is 0 Å². The van der Waals surface area contributed by atoms with Gasteiger partial charge in [0.25, 0.3) is 0 Å². The SMILES string of the molecule is Clc1ccc(/C(=C(\c2ccccc2)c2ccc(Cl)cc2)c2ccccc2)cc1.O=C(c1ccc(Cl)cc1)C1C=CC=CC1. The van der Waals surface area contributed by atoms with E-state index in [0.29, 0.717) is 5.02 Å². The van der Waals surface area contributed by atoms with E-state index in [4.69, 9.17) is 34.8 Å². The quantitative estimate of drug-likeness (QED) is 0.136. The Balaban J connectivity index is 0.000000207. The Morgan fingerprint density at radius 2 is 0.837 bits per heavy atom. The predicted molar refractivity (Wildman–Crippen MR) is 183 cm³/mol. The molecule has 0 aromatic heterocycles. The van der Waals surface area contributed by atoms with Crippen LogP contribution < -0.4 is 0 Å². The summed E-state index contributed by atoms with van der Waals surface area (Å²) in [6.45, 7) is 0. The van der Waals surface area contributed by atoms with Gasteiger partial charge in [0.1, 0.15) is 0 Å². The first-order valence-electron chi connectivity index (χ1n) is 14.0. The van der Waals surface area contributed by atoms with Crippen LogP contribution in [-0.2, 0) is 0 Å². The van der Waals surface area contributed by atoms with E-state index >= 15 is 0 Å². The summed E-state index contributed by atoms with van der Waals surface area (Å²) in [4.78, 5) is 12.0. The topological polar surface area (TPSA) is 17.1 Å². The number of carbonyl (C=O) groups excluding carboxylic acids is 1. The highest BCUT2D eigenvalue weighted by atomic mass is 35.5. The molecular weight excluding hydrogens is 591 g/mol. The Morgan fingerprint density at radius 1 is 0.465 bits per heavy atom. The molecule has 0 N–H and O–H groups in total. The lowest BCUT2D eigenvalue weighted by Crippen LogP contribution is -2.12. The summed E-state index contributed by atoms with van der Waals surface area (Å²) in [5.74, 6) is 0.142. The fourth-order valence-corrected chi connectivity index (χ4v) is 5.33. The van der Waals surface area contributed by atoms with Crippen molar-refractivity contribution in [1.29, 1.82) is 0 Å². The fourth-order valence-electron chi connectivity index (χ4n) is 4.96. The van der Waals surface area contributed by atoms with Gasteiger partial charge >= 0.3 is 0 Å². The highest BCUT2D eigenvalue weighted by Gasteiger charge is 2.17. The Bertz CT molecular complexity index is 1640. The number of benzene rings is 5. The van der Waals surface area contributed by atoms with Gasteiger partial charge in [-0.3, -0.25) is 4.79 Å². The summed E-state index contributed by atoms with van der Waals surface area (Å²) in [7, 11) is 0. The van der Waals surface area contributed by atoms with Crippen molar-refractivity contribution in [3.63, 3.8) is 0 Å². The smallest absolute Gasteiger partial charge is 0.170 e. The molecule has 0 aliphatic heterocycles. The average molecular weight is 620 g/mol. The lowest BCUT2D eigenvalue weighted by Gasteiger charge is -2.18. The molecule has 0 spiro atoms. The fraction of sp³-hybridized carbons (Fsp3) is 0.0513. The van der Waals surface area contributed by atoms with E-state index in [-0.39, 0.29) is 11.7 Å². The van der Waals surface area contributed by atoms with Crippen LogP contribution in [0.3, 0.4) is 0 Å². The van der Waals surface area contributed by atoms with Crippen molar-refractivity contribution in [2.75, 3.05) is 0 Å². The van der Waals surface area contributed by atoms with Crippen LogP contribution in [-0.4, -0.2) is 5.78 Å². The van der Waals surface area contributed by atoms with Crippen molar-refractivity contribution in [3.05, 3.63) is 201 Å². The van der Waals surface area contributed by atoms with Crippen molar-refractivity contribution in [3.8, 4) is 0 Å². The molecule has 0 amide bonds. The monoisotopic (exact) mass is 618 g/mol. The van der Waals surface area contributed by atoms with Gasteiger partial charge in [0, 0.05) is 26.5 Å². The molecule has 0 heterocycles. The van der Waals surface area contributed by atoms with Crippen LogP contribution in [0.15, 0.2) is 158 Å². The third-order valence-corrected chi connectivity index (χ3v) is 7.84. The third-order valence-electron chi connectivity index (χ3n) is 7.09. The van der Waals surface area contributed by atoms with Crippen molar-refractivity contribution in [2.45, 2.75) is 6.42 Å². The van der Waals surface area contributed by atoms with Gasteiger partial charge in [-0.05, 0) is 88.4 Å². The van der Waals surface area contributed by atoms with E-state index in [1.54, 1.807) is 24.3 Å². The van der Waals surface area contributed by atoms with Gasteiger partial charge in [-0.25, -0.2) is 0 Å². The summed E-state index contributed by atoms with van der Waals surface area (Å²) < 4.78 is 0. The number of Topliss-reactive ketones (excluding diaryl/α,β-unsaturated/α-hetero) is 1. The molecule has 5 aromatic carbocycles. The van der Waals surface area contributed by atoms with Crippen molar-refractivity contribution in [2.24, 2.45) is 5.92 Å². The largest absolute Gasteiger partial charge is 0.294 e. The molecule has 1 unspecified atom stereocenters. The summed E-state index contributed by atoms with van der Waals surface area (Å²) in [6, 6.07) is 44.0. The molecule has 0 radical (unpaired) electrons. The zero-order valence-electron chi connectivity index (χ0n) is 23.3. The van der Waals surface area contributed by atoms with Crippen LogP contribution in [0.25, 0.3) is 11.1 Å². The molecule has 1 aliphatic rings. The molecule has 0 fully saturated rings. The van der Waals surface area contributed by atoms with E-state index in [1.807, 2.05) is 60.7 Å². The molecular formula is C39H29Cl3O. The lowest BCUT2D eigenvalue weighted by molar-refractivity contribution is 0.0945. The summed E-state index contributed by atoms with van der Waals surface area (Å²) in [5, 5.41) is 2.11. The Kier molecular flexibility index (Phi) is 10.5. The van der Waals surface area contributed by atoms with E-state index in [0.717, 1.165) is 55.4 Å². The van der Waals surface area contributed by atoms with Crippen molar-refractivity contribution in [1.82, 2.24) is 0 Å². The van der Waals surface area contributed by atoms with Gasteiger partial charge in [-0.1, -0.05) is 144 Å². The van der Waals surface area contributed by atoms with Crippen LogP contribution in [0, 0.1) is 5.92 Å². The number of halogens is 3. The molecule has 4 heteroatoms. The molecule has 212 valence electrons. The second kappa shape index (κ2) is 14.8. The second-order valence-electron chi connectivity index (χ2n) is 10.0. The Morgan fingerprint density at radius 3 is 1.21 bits per heavy atom. The molecule has 1 aliphatic carbocycles. The van der Waals surface area contributed by atoms with Crippen LogP contribution in [0.5, 0.6) is 0 Å². The number of hydrogen-bond acceptors (Lipinski definition) is 1. The Hall–Kier alpha value is -4.14. The highest BCUT2D eigenvalue weighted by Crippen LogP contribution is 2.37. The minimum atomic E-state index is -0.0174. The highest BCUT2D eigenvalue weighted by molar-refractivity contribution is 6.31. The molecule has 43 heavy (non-hydrogen) atoms. The first-order chi connectivity index (χ1) is 21.0. The predicted octanol–water partition coefficient (Wildman–Crippen LogP) is 11.7. The van der Waals surface area contributed by atoms with Gasteiger partial charge in [-0.2, -0.15) is 0 Å². The number of carbonyl (C=O) groups is 1. The van der Waals surface area contributed by atoms with E-state index in [1.165, 1.54) is 0 Å². The first kappa shape index (κ1) is 30.3. The van der Waals surface area contributed by atoms with Gasteiger partial charge in [-0.15, -0.1) is 0 Å². The molecule has 6 rings (SSSR count). The minimum absolute atomic E-state index is 0.0174. The van der Waals surface area contributed by atoms with E-state index in [2.05, 4.69) is 72.8 Å². The zero-order chi connectivity index (χ0) is 30.0. The zero-order valence-corrected chi connectivity index (χ0v) is 25.6. The number of ketones is 1. The summed E-state index contributed by atoms with van der Waals surface area (Å²) >= 11 is 18.1. The standard InChI is InChI=1S/C26H18Cl2.C13H11ClO/c27-23-15-11-21(12-16-23)25(19-7-3-1-4-8-19)26(20-9-5-2-6-10-20)22-13-17-24(28)18-14-22;14-12-8-6-11(7-9-12)13(15)10-4-2-1-3-5-10/h1-18H;1-4,6-10H,5H2/b26-25+;. The van der Waals surface area contributed by atoms with Crippen molar-refractivity contribution < 1.29 is 4.79 Å². The molecule has 1 atom stereocenters. The van der Waals surface area contributed by atoms with Crippen molar-refractivity contribution >= 4 is 51.7 Å². The Labute approximate surface area is 268 Å². The summed E-state index contributed by atoms with van der Waals surface area (Å²) in [5.41, 5.74) is 7.58. The lowest BCUT2D eigenvalue weighted by atomic mass is 9.86. The van der Waals surface area contributed by atoms with Crippen LogP contribution in [0.1, 0.15) is 39.0 Å². The first-order valence-corrected chi connectivity index (χ1v) is 15.1. The maximum absolute atomic E-state index is 12.0. The van der Waals surface area contributed by atoms with Gasteiger partial charge < -0.3 is 0 Å². The van der Waals surface area contributed by atoms with Crippen LogP contribution in [0.4, 0.5) is 0 Å². The van der Waals surface area contributed by atoms with E-state index in [9.17, 15) is 4.79 Å². The normalized spacial score (nSPS) is 14.3. The minimum Gasteiger partial charge on any atom is -0.294 e. The van der Waals surface area contributed by atoms with Gasteiger partial charge in [0.15, 0.2) is 5.78 Å². The second-order valence-corrected chi connectivity index (χ2v) is 11.3. The average Bonchev–Trinajstić information content (AvgIpc) is 3.06. The third kappa shape index (κ3) is 8.03. The number of hydrogen-bond donors (Lipinski definition) is 0. The number of allylic oxidation sites excluding steroid dienone is 4. The van der Waals surface area contributed by atoms with Crippen LogP contribution >= 0.6 is 34.8 Å². The maximum Gasteiger partial charge on any atom is 0.170 e. The van der Waals surface area contributed by atoms with Crippen LogP contribution in [0.2, 0.25) is 15.1 Å². The van der Waals surface area contributed by atoms with E-state index < -0.39 is 0 Å². The number of rotatable bonds is 6.